The molecule has 2 aromatic carbocycles. The second-order valence-corrected chi connectivity index (χ2v) is 12.2. The van der Waals surface area contributed by atoms with Gasteiger partial charge in [-0.15, -0.1) is 0 Å². The first-order valence-corrected chi connectivity index (χ1v) is 15.5. The SMILES string of the molecule is Cc1cc2cc(NC(=N[C@H]3CCCCN(CC(=O)N4CCCC4)C3=O)NC(=O)c3ccc(S(N)(=O)=O)cc3)ccc2o1. The maximum atomic E-state index is 13.6. The first-order chi connectivity index (χ1) is 20.1. The van der Waals surface area contributed by atoms with Crippen molar-refractivity contribution in [1.82, 2.24) is 15.1 Å². The van der Waals surface area contributed by atoms with Crippen molar-refractivity contribution < 1.29 is 27.2 Å². The number of guanidine groups is 1. The Morgan fingerprint density at radius 1 is 1.02 bits per heavy atom. The Bertz CT molecular complexity index is 1630. The Hall–Kier alpha value is -4.23. The molecular formula is C29H34N6O6S. The lowest BCUT2D eigenvalue weighted by Gasteiger charge is -2.25. The number of aliphatic imine (C=N–C) groups is 1. The maximum Gasteiger partial charge on any atom is 0.257 e. The van der Waals surface area contributed by atoms with Gasteiger partial charge in [-0.3, -0.25) is 19.7 Å². The summed E-state index contributed by atoms with van der Waals surface area (Å²) in [6.45, 7) is 3.74. The second-order valence-electron chi connectivity index (χ2n) is 10.6. The van der Waals surface area contributed by atoms with E-state index in [4.69, 9.17) is 9.56 Å². The van der Waals surface area contributed by atoms with E-state index in [1.54, 1.807) is 21.9 Å². The van der Waals surface area contributed by atoms with Gasteiger partial charge in [-0.25, -0.2) is 18.5 Å². The summed E-state index contributed by atoms with van der Waals surface area (Å²) in [6.07, 6.45) is 3.86. The number of aryl methyl sites for hydroxylation is 1. The van der Waals surface area contributed by atoms with Crippen LogP contribution in [0.2, 0.25) is 0 Å². The van der Waals surface area contributed by atoms with Gasteiger partial charge in [0.1, 0.15) is 17.4 Å². The Labute approximate surface area is 244 Å². The number of anilines is 1. The number of hydrogen-bond donors (Lipinski definition) is 3. The van der Waals surface area contributed by atoms with Crippen molar-refractivity contribution in [1.29, 1.82) is 0 Å². The van der Waals surface area contributed by atoms with Gasteiger partial charge in [-0.2, -0.15) is 0 Å². The van der Waals surface area contributed by atoms with Gasteiger partial charge in [0, 0.05) is 36.3 Å². The largest absolute Gasteiger partial charge is 0.461 e. The summed E-state index contributed by atoms with van der Waals surface area (Å²) >= 11 is 0. The number of hydrogen-bond acceptors (Lipinski definition) is 7. The minimum absolute atomic E-state index is 0.00683. The van der Waals surface area contributed by atoms with Crippen LogP contribution in [0.4, 0.5) is 5.69 Å². The number of amides is 3. The monoisotopic (exact) mass is 594 g/mol. The van der Waals surface area contributed by atoms with Crippen molar-refractivity contribution in [2.45, 2.75) is 50.0 Å². The summed E-state index contributed by atoms with van der Waals surface area (Å²) in [7, 11) is -3.92. The number of rotatable bonds is 6. The fourth-order valence-electron chi connectivity index (χ4n) is 5.21. The van der Waals surface area contributed by atoms with E-state index >= 15 is 0 Å². The molecule has 1 atom stereocenters. The fraction of sp³-hybridized carbons (Fsp3) is 0.379. The molecule has 13 heteroatoms. The summed E-state index contributed by atoms with van der Waals surface area (Å²) in [5, 5.41) is 11.9. The lowest BCUT2D eigenvalue weighted by atomic mass is 10.1. The highest BCUT2D eigenvalue weighted by molar-refractivity contribution is 7.89. The molecule has 2 aliphatic rings. The third-order valence-corrected chi connectivity index (χ3v) is 8.33. The molecule has 5 rings (SSSR count). The molecule has 0 radical (unpaired) electrons. The van der Waals surface area contributed by atoms with Crippen LogP contribution in [0.5, 0.6) is 0 Å². The van der Waals surface area contributed by atoms with Crippen LogP contribution in [0.15, 0.2) is 62.8 Å². The highest BCUT2D eigenvalue weighted by atomic mass is 32.2. The van der Waals surface area contributed by atoms with Gasteiger partial charge in [0.15, 0.2) is 0 Å². The van der Waals surface area contributed by atoms with E-state index in [2.05, 4.69) is 15.6 Å². The molecule has 2 saturated heterocycles. The average molecular weight is 595 g/mol. The summed E-state index contributed by atoms with van der Waals surface area (Å²) in [5.41, 5.74) is 1.48. The number of nitrogens with zero attached hydrogens (tertiary/aromatic N) is 3. The van der Waals surface area contributed by atoms with Crippen molar-refractivity contribution in [2.75, 3.05) is 31.5 Å². The standard InChI is InChI=1S/C29H34N6O6S/c1-19-16-21-17-22(9-12-25(21)41-19)31-29(33-27(37)20-7-10-23(11-8-20)42(30,39)40)32-24-6-2-3-15-35(28(24)38)18-26(36)34-13-4-5-14-34/h7-12,16-17,24H,2-6,13-15,18H2,1H3,(H2,30,39,40)(H2,31,32,33,37)/t24-/m0/s1. The molecule has 0 bridgehead atoms. The number of nitrogens with one attached hydrogen (secondary N) is 2. The first-order valence-electron chi connectivity index (χ1n) is 13.9. The first kappa shape index (κ1) is 29.3. The molecule has 0 saturated carbocycles. The summed E-state index contributed by atoms with van der Waals surface area (Å²) in [4.78, 5) is 47.5. The van der Waals surface area contributed by atoms with Crippen LogP contribution >= 0.6 is 0 Å². The van der Waals surface area contributed by atoms with E-state index in [0.717, 1.165) is 36.8 Å². The predicted octanol–water partition coefficient (Wildman–Crippen LogP) is 2.59. The highest BCUT2D eigenvalue weighted by Gasteiger charge is 2.30. The van der Waals surface area contributed by atoms with Crippen molar-refractivity contribution in [3.63, 3.8) is 0 Å². The maximum absolute atomic E-state index is 13.6. The molecule has 222 valence electrons. The van der Waals surface area contributed by atoms with Crippen molar-refractivity contribution in [3.8, 4) is 0 Å². The van der Waals surface area contributed by atoms with Crippen LogP contribution in [-0.4, -0.2) is 74.1 Å². The molecule has 0 aliphatic carbocycles. The van der Waals surface area contributed by atoms with Crippen LogP contribution in [0, 0.1) is 6.92 Å². The Balaban J connectivity index is 1.40. The third kappa shape index (κ3) is 6.97. The lowest BCUT2D eigenvalue weighted by molar-refractivity contribution is -0.140. The molecule has 12 nitrogen and oxygen atoms in total. The fourth-order valence-corrected chi connectivity index (χ4v) is 5.72. The normalized spacial score (nSPS) is 18.3. The van der Waals surface area contributed by atoms with Crippen LogP contribution in [0.1, 0.15) is 48.2 Å². The Kier molecular flexibility index (Phi) is 8.59. The summed E-state index contributed by atoms with van der Waals surface area (Å²) < 4.78 is 28.9. The number of likely N-dealkylation sites (tertiary alicyclic amines) is 2. The van der Waals surface area contributed by atoms with Gasteiger partial charge in [-0.05, 0) is 87.6 Å². The van der Waals surface area contributed by atoms with Gasteiger partial charge in [0.25, 0.3) is 5.91 Å². The molecule has 2 aliphatic heterocycles. The molecule has 4 N–H and O–H groups in total. The number of primary sulfonamides is 1. The zero-order chi connectivity index (χ0) is 29.9. The van der Waals surface area contributed by atoms with Crippen molar-refractivity contribution in [3.05, 3.63) is 59.9 Å². The molecule has 1 aromatic heterocycles. The van der Waals surface area contributed by atoms with Crippen molar-refractivity contribution in [2.24, 2.45) is 10.1 Å². The number of sulfonamides is 1. The Morgan fingerprint density at radius 3 is 2.45 bits per heavy atom. The van der Waals surface area contributed by atoms with Gasteiger partial charge in [-0.1, -0.05) is 0 Å². The smallest absolute Gasteiger partial charge is 0.257 e. The molecule has 2 fully saturated rings. The number of benzene rings is 2. The topological polar surface area (TPSA) is 167 Å². The quantitative estimate of drug-likeness (QED) is 0.291. The van der Waals surface area contributed by atoms with E-state index in [0.29, 0.717) is 37.3 Å². The van der Waals surface area contributed by atoms with E-state index in [1.807, 2.05) is 19.1 Å². The number of fused-ring (bicyclic) bond motifs is 1. The molecule has 3 heterocycles. The molecule has 42 heavy (non-hydrogen) atoms. The molecule has 3 amide bonds. The molecule has 3 aromatic rings. The Morgan fingerprint density at radius 2 is 1.74 bits per heavy atom. The predicted molar refractivity (Wildman–Crippen MR) is 157 cm³/mol. The molecular weight excluding hydrogens is 560 g/mol. The third-order valence-electron chi connectivity index (χ3n) is 7.40. The van der Waals surface area contributed by atoms with E-state index in [-0.39, 0.29) is 34.8 Å². The minimum atomic E-state index is -3.92. The van der Waals surface area contributed by atoms with Crippen LogP contribution < -0.4 is 15.8 Å². The van der Waals surface area contributed by atoms with Gasteiger partial charge in [0.2, 0.25) is 27.8 Å². The number of carbonyl (C=O) groups excluding carboxylic acids is 3. The van der Waals surface area contributed by atoms with E-state index < -0.39 is 22.0 Å². The zero-order valence-corrected chi connectivity index (χ0v) is 24.2. The van der Waals surface area contributed by atoms with Gasteiger partial charge >= 0.3 is 0 Å². The van der Waals surface area contributed by atoms with Crippen LogP contribution in [-0.2, 0) is 19.6 Å². The van der Waals surface area contributed by atoms with E-state index in [1.165, 1.54) is 24.3 Å². The summed E-state index contributed by atoms with van der Waals surface area (Å²) in [6, 6.07) is 11.6. The second kappa shape index (κ2) is 12.3. The van der Waals surface area contributed by atoms with Crippen LogP contribution in [0.25, 0.3) is 11.0 Å². The molecule has 0 unspecified atom stereocenters. The van der Waals surface area contributed by atoms with Crippen molar-refractivity contribution >= 4 is 50.4 Å². The zero-order valence-electron chi connectivity index (χ0n) is 23.3. The number of nitrogens with two attached hydrogens (primary N) is 1. The average Bonchev–Trinajstić information content (AvgIpc) is 3.58. The number of furan rings is 1. The summed E-state index contributed by atoms with van der Waals surface area (Å²) in [5.74, 6) is -0.110. The van der Waals surface area contributed by atoms with E-state index in [9.17, 15) is 22.8 Å². The van der Waals surface area contributed by atoms with Gasteiger partial charge < -0.3 is 19.5 Å². The highest BCUT2D eigenvalue weighted by Crippen LogP contribution is 2.23. The molecule has 0 spiro atoms. The lowest BCUT2D eigenvalue weighted by Crippen LogP contribution is -2.45. The van der Waals surface area contributed by atoms with Crippen LogP contribution in [0.3, 0.4) is 0 Å². The van der Waals surface area contributed by atoms with Gasteiger partial charge in [0.05, 0.1) is 11.4 Å². The number of carbonyl (C=O) groups is 3. The minimum Gasteiger partial charge on any atom is -0.461 e.